The van der Waals surface area contributed by atoms with E-state index in [1.807, 2.05) is 18.2 Å². The van der Waals surface area contributed by atoms with E-state index in [1.165, 1.54) is 24.8 Å². The van der Waals surface area contributed by atoms with E-state index in [0.717, 1.165) is 50.1 Å². The lowest BCUT2D eigenvalue weighted by Crippen LogP contribution is -2.74. The highest BCUT2D eigenvalue weighted by molar-refractivity contribution is 6.31. The number of imide groups is 1. The van der Waals surface area contributed by atoms with Gasteiger partial charge in [-0.25, -0.2) is 0 Å². The summed E-state index contributed by atoms with van der Waals surface area (Å²) in [5.74, 6) is -0.254. The lowest BCUT2D eigenvalue weighted by Gasteiger charge is -2.63. The molecule has 3 aromatic rings. The number of carbonyl (C=O) groups excluding carboxylic acids is 4. The molecular formula is C46H53ClN6O5. The molecule has 0 unspecified atom stereocenters. The van der Waals surface area contributed by atoms with Gasteiger partial charge in [-0.15, -0.1) is 0 Å². The maximum atomic E-state index is 13.4. The van der Waals surface area contributed by atoms with Gasteiger partial charge in [0.05, 0.1) is 10.6 Å². The number of anilines is 1. The first-order chi connectivity index (χ1) is 27.7. The molecule has 3 atom stereocenters. The first kappa shape index (κ1) is 39.9. The minimum atomic E-state index is -0.593. The predicted octanol–water partition coefficient (Wildman–Crippen LogP) is 6.65. The third-order valence-electron chi connectivity index (χ3n) is 13.5. The van der Waals surface area contributed by atoms with Crippen molar-refractivity contribution in [3.63, 3.8) is 0 Å². The van der Waals surface area contributed by atoms with Gasteiger partial charge in [0, 0.05) is 77.9 Å². The SMILES string of the molecule is CC1(C)C(NC(=O)c2ccc(CCCCCCN3C[C@@H]4C[C@H]3CN4c3ccc4c(c3)CN([C@H]3CCC(=O)NC3=O)C4=O)cc2)C(C)(C)C1Oc1ccc(C#N)c(Cl)c1. The number of piperazine rings is 1. The van der Waals surface area contributed by atoms with Crippen molar-refractivity contribution < 1.29 is 23.9 Å². The molecule has 11 nitrogen and oxygen atoms in total. The number of ether oxygens (including phenoxy) is 1. The van der Waals surface area contributed by atoms with Crippen molar-refractivity contribution in [3.05, 3.63) is 93.5 Å². The van der Waals surface area contributed by atoms with Crippen molar-refractivity contribution in [2.45, 2.75) is 116 Å². The van der Waals surface area contributed by atoms with E-state index in [0.29, 0.717) is 52.5 Å². The predicted molar refractivity (Wildman–Crippen MR) is 222 cm³/mol. The molecule has 8 rings (SSSR count). The summed E-state index contributed by atoms with van der Waals surface area (Å²) in [5.41, 5.74) is 4.42. The number of fused-ring (bicyclic) bond motifs is 3. The Bertz CT molecular complexity index is 2150. The number of likely N-dealkylation sites (tertiary alicyclic amines) is 1. The van der Waals surface area contributed by atoms with E-state index in [4.69, 9.17) is 16.3 Å². The maximum Gasteiger partial charge on any atom is 0.255 e. The number of aryl methyl sites for hydroxylation is 1. The molecule has 304 valence electrons. The van der Waals surface area contributed by atoms with E-state index in [-0.39, 0.29) is 53.0 Å². The Kier molecular flexibility index (Phi) is 10.8. The van der Waals surface area contributed by atoms with Crippen LogP contribution in [0.5, 0.6) is 5.75 Å². The normalized spacial score (nSPS) is 25.6. The van der Waals surface area contributed by atoms with Gasteiger partial charge >= 0.3 is 0 Å². The summed E-state index contributed by atoms with van der Waals surface area (Å²) in [6.45, 7) is 12.0. The molecular weight excluding hydrogens is 752 g/mol. The molecule has 1 aliphatic carbocycles. The largest absolute Gasteiger partial charge is 0.489 e. The number of rotatable bonds is 13. The van der Waals surface area contributed by atoms with Crippen molar-refractivity contribution in [1.29, 1.82) is 5.26 Å². The van der Waals surface area contributed by atoms with Crippen LogP contribution in [0.4, 0.5) is 5.69 Å². The zero-order valence-electron chi connectivity index (χ0n) is 33.9. The zero-order valence-corrected chi connectivity index (χ0v) is 34.6. The average molecular weight is 805 g/mol. The van der Waals surface area contributed by atoms with Gasteiger partial charge in [-0.1, -0.05) is 64.3 Å². The summed E-state index contributed by atoms with van der Waals surface area (Å²) < 4.78 is 6.37. The van der Waals surface area contributed by atoms with Crippen LogP contribution in [0.25, 0.3) is 0 Å². The zero-order chi connectivity index (χ0) is 40.9. The van der Waals surface area contributed by atoms with Gasteiger partial charge in [-0.3, -0.25) is 29.4 Å². The van der Waals surface area contributed by atoms with Gasteiger partial charge in [0.1, 0.15) is 24.0 Å². The second kappa shape index (κ2) is 15.7. The van der Waals surface area contributed by atoms with E-state index in [2.05, 4.69) is 78.5 Å². The summed E-state index contributed by atoms with van der Waals surface area (Å²) in [6, 6.07) is 21.6. The van der Waals surface area contributed by atoms with Crippen molar-refractivity contribution in [2.75, 3.05) is 24.5 Å². The fourth-order valence-electron chi connectivity index (χ4n) is 10.7. The number of hydrogen-bond donors (Lipinski definition) is 2. The molecule has 1 saturated carbocycles. The Morgan fingerprint density at radius 3 is 2.38 bits per heavy atom. The number of nitrogens with one attached hydrogen (secondary N) is 2. The molecule has 4 aliphatic heterocycles. The molecule has 3 saturated heterocycles. The van der Waals surface area contributed by atoms with Crippen molar-refractivity contribution in [3.8, 4) is 11.8 Å². The molecule has 2 N–H and O–H groups in total. The molecule has 5 aliphatic rings. The lowest BCUT2D eigenvalue weighted by molar-refractivity contribution is -0.164. The molecule has 58 heavy (non-hydrogen) atoms. The number of benzene rings is 3. The maximum absolute atomic E-state index is 13.4. The fourth-order valence-corrected chi connectivity index (χ4v) is 10.9. The average Bonchev–Trinajstić information content (AvgIpc) is 3.90. The third-order valence-corrected chi connectivity index (χ3v) is 13.8. The molecule has 4 amide bonds. The van der Waals surface area contributed by atoms with Crippen LogP contribution in [0, 0.1) is 22.2 Å². The Morgan fingerprint density at radius 2 is 1.69 bits per heavy atom. The number of unbranched alkanes of at least 4 members (excludes halogenated alkanes) is 3. The Hall–Kier alpha value is -4.92. The van der Waals surface area contributed by atoms with Crippen molar-refractivity contribution >= 4 is 40.9 Å². The van der Waals surface area contributed by atoms with Crippen LogP contribution < -0.4 is 20.3 Å². The highest BCUT2D eigenvalue weighted by atomic mass is 35.5. The first-order valence-corrected chi connectivity index (χ1v) is 21.2. The molecule has 0 aromatic heterocycles. The summed E-state index contributed by atoms with van der Waals surface area (Å²) in [4.78, 5) is 57.4. The number of nitrogens with zero attached hydrogens (tertiary/aromatic N) is 4. The molecule has 4 fully saturated rings. The molecule has 12 heteroatoms. The fraction of sp³-hybridized carbons (Fsp3) is 0.500. The van der Waals surface area contributed by atoms with Crippen LogP contribution in [0.2, 0.25) is 5.02 Å². The summed E-state index contributed by atoms with van der Waals surface area (Å²) in [6.07, 6.45) is 7.28. The number of nitriles is 1. The van der Waals surface area contributed by atoms with Crippen LogP contribution in [0.15, 0.2) is 60.7 Å². The molecule has 2 bridgehead atoms. The van der Waals surface area contributed by atoms with E-state index in [1.54, 1.807) is 23.1 Å². The smallest absolute Gasteiger partial charge is 0.255 e. The first-order valence-electron chi connectivity index (χ1n) is 20.8. The summed E-state index contributed by atoms with van der Waals surface area (Å²) in [5, 5.41) is 15.2. The van der Waals surface area contributed by atoms with Crippen LogP contribution in [0.1, 0.15) is 110 Å². The monoisotopic (exact) mass is 804 g/mol. The van der Waals surface area contributed by atoms with Crippen molar-refractivity contribution in [1.82, 2.24) is 20.4 Å². The Labute approximate surface area is 346 Å². The molecule has 4 heterocycles. The number of piperidine rings is 1. The number of amides is 4. The minimum absolute atomic E-state index is 0.0848. The van der Waals surface area contributed by atoms with E-state index < -0.39 is 6.04 Å². The molecule has 3 aromatic carbocycles. The van der Waals surface area contributed by atoms with Gasteiger partial charge < -0.3 is 19.9 Å². The highest BCUT2D eigenvalue weighted by Crippen LogP contribution is 2.55. The number of carbonyl (C=O) groups is 4. The van der Waals surface area contributed by atoms with E-state index >= 15 is 0 Å². The summed E-state index contributed by atoms with van der Waals surface area (Å²) in [7, 11) is 0. The van der Waals surface area contributed by atoms with Gasteiger partial charge in [0.15, 0.2) is 0 Å². The second-order valence-electron chi connectivity index (χ2n) is 18.1. The topological polar surface area (TPSA) is 135 Å². The lowest BCUT2D eigenvalue weighted by atomic mass is 9.49. The number of hydrogen-bond acceptors (Lipinski definition) is 8. The number of halogens is 1. The Balaban J connectivity index is 0.740. The highest BCUT2D eigenvalue weighted by Gasteiger charge is 2.64. The minimum Gasteiger partial charge on any atom is -0.489 e. The van der Waals surface area contributed by atoms with Crippen LogP contribution >= 0.6 is 11.6 Å². The van der Waals surface area contributed by atoms with Gasteiger partial charge in [0.25, 0.3) is 11.8 Å². The standard InChI is InChI=1S/C46H53ClN6O5/c1-45(2)43(46(3,4)44(45)58-35-16-14-30(24-48)37(47)23-35)50-40(55)29-12-10-28(11-13-29)9-7-5-6-8-20-51-26-34-22-33(51)27-52(34)32-15-17-36-31(21-32)25-53(42(36)57)38-18-19-39(54)49-41(38)56/h10-17,21,23,33-34,38,43-44H,5-9,18-20,22,25-27H2,1-4H3,(H,50,55)(H,49,54,56)/t33-,34-,38-,43?,44?/m0/s1. The molecule has 0 spiro atoms. The van der Waals surface area contributed by atoms with Crippen molar-refractivity contribution in [2.24, 2.45) is 10.8 Å². The third kappa shape index (κ3) is 7.46. The van der Waals surface area contributed by atoms with Crippen LogP contribution in [-0.2, 0) is 22.6 Å². The molecule has 0 radical (unpaired) electrons. The summed E-state index contributed by atoms with van der Waals surface area (Å²) >= 11 is 6.25. The second-order valence-corrected chi connectivity index (χ2v) is 18.5. The quantitative estimate of drug-likeness (QED) is 0.145. The van der Waals surface area contributed by atoms with Gasteiger partial charge in [-0.05, 0) is 92.2 Å². The van der Waals surface area contributed by atoms with Crippen LogP contribution in [-0.4, -0.2) is 83.3 Å². The van der Waals surface area contributed by atoms with E-state index in [9.17, 15) is 24.4 Å². The van der Waals surface area contributed by atoms with Gasteiger partial charge in [-0.2, -0.15) is 5.26 Å². The Morgan fingerprint density at radius 1 is 0.931 bits per heavy atom. The van der Waals surface area contributed by atoms with Gasteiger partial charge in [0.2, 0.25) is 11.8 Å². The van der Waals surface area contributed by atoms with Crippen LogP contribution in [0.3, 0.4) is 0 Å².